The lowest BCUT2D eigenvalue weighted by Gasteiger charge is -2.06. The summed E-state index contributed by atoms with van der Waals surface area (Å²) in [7, 11) is 0. The molecule has 22 heavy (non-hydrogen) atoms. The predicted octanol–water partition coefficient (Wildman–Crippen LogP) is 2.33. The highest BCUT2D eigenvalue weighted by Crippen LogP contribution is 2.14. The van der Waals surface area contributed by atoms with Crippen LogP contribution in [0.1, 0.15) is 12.5 Å². The van der Waals surface area contributed by atoms with E-state index in [9.17, 15) is 9.18 Å². The van der Waals surface area contributed by atoms with Crippen molar-refractivity contribution < 1.29 is 13.9 Å². The molecule has 0 unspecified atom stereocenters. The van der Waals surface area contributed by atoms with Crippen molar-refractivity contribution in [2.75, 3.05) is 12.3 Å². The smallest absolute Gasteiger partial charge is 0.277 e. The minimum atomic E-state index is -0.519. The molecule has 0 aliphatic rings. The molecule has 2 aromatic rings. The molecule has 0 heterocycles. The Morgan fingerprint density at radius 2 is 2.05 bits per heavy atom. The highest BCUT2D eigenvalue weighted by Gasteiger charge is 2.06. The number of hydrogen-bond donors (Lipinski definition) is 2. The van der Waals surface area contributed by atoms with Gasteiger partial charge < -0.3 is 10.5 Å². The predicted molar refractivity (Wildman–Crippen MR) is 83.1 cm³/mol. The van der Waals surface area contributed by atoms with Crippen molar-refractivity contribution in [3.8, 4) is 5.75 Å². The number of carbonyl (C=O) groups is 1. The Hall–Kier alpha value is -2.89. The molecule has 0 saturated carbocycles. The summed E-state index contributed by atoms with van der Waals surface area (Å²) in [6.07, 6.45) is 0. The first-order chi connectivity index (χ1) is 10.6. The number of hydrazone groups is 1. The second-order valence-electron chi connectivity index (χ2n) is 4.58. The van der Waals surface area contributed by atoms with Crippen LogP contribution in [0.15, 0.2) is 53.6 Å². The number of carbonyl (C=O) groups excluding carboxylic acids is 1. The first-order valence-electron chi connectivity index (χ1n) is 6.62. The van der Waals surface area contributed by atoms with E-state index in [2.05, 4.69) is 10.5 Å². The minimum absolute atomic E-state index is 0.0224. The van der Waals surface area contributed by atoms with Gasteiger partial charge in [-0.3, -0.25) is 4.79 Å². The number of rotatable bonds is 5. The van der Waals surface area contributed by atoms with Crippen molar-refractivity contribution in [2.24, 2.45) is 5.10 Å². The van der Waals surface area contributed by atoms with Crippen molar-refractivity contribution >= 4 is 17.3 Å². The van der Waals surface area contributed by atoms with Gasteiger partial charge in [0.2, 0.25) is 0 Å². The van der Waals surface area contributed by atoms with E-state index in [0.29, 0.717) is 11.4 Å². The van der Waals surface area contributed by atoms with Crippen molar-refractivity contribution in [2.45, 2.75) is 6.92 Å². The van der Waals surface area contributed by atoms with Crippen LogP contribution >= 0.6 is 0 Å². The van der Waals surface area contributed by atoms with Crippen molar-refractivity contribution in [1.82, 2.24) is 5.43 Å². The quantitative estimate of drug-likeness (QED) is 0.505. The molecule has 3 N–H and O–H groups in total. The lowest BCUT2D eigenvalue weighted by atomic mass is 10.1. The molecule has 6 heteroatoms. The van der Waals surface area contributed by atoms with Gasteiger partial charge in [-0.15, -0.1) is 0 Å². The molecule has 0 radical (unpaired) electrons. The summed E-state index contributed by atoms with van der Waals surface area (Å²) < 4.78 is 18.4. The lowest BCUT2D eigenvalue weighted by molar-refractivity contribution is -0.123. The van der Waals surface area contributed by atoms with Crippen LogP contribution in [-0.2, 0) is 4.79 Å². The van der Waals surface area contributed by atoms with Crippen LogP contribution in [0.25, 0.3) is 0 Å². The number of anilines is 1. The Morgan fingerprint density at radius 3 is 2.77 bits per heavy atom. The average Bonchev–Trinajstić information content (AvgIpc) is 2.52. The maximum Gasteiger partial charge on any atom is 0.277 e. The van der Waals surface area contributed by atoms with Crippen LogP contribution in [-0.4, -0.2) is 18.2 Å². The molecule has 0 saturated heterocycles. The van der Waals surface area contributed by atoms with Crippen LogP contribution in [0.2, 0.25) is 0 Å². The molecular formula is C16H16FN3O2. The first kappa shape index (κ1) is 15.5. The number of para-hydroxylation sites is 1. The van der Waals surface area contributed by atoms with Gasteiger partial charge in [0.15, 0.2) is 18.2 Å². The summed E-state index contributed by atoms with van der Waals surface area (Å²) in [4.78, 5) is 11.6. The number of hydrogen-bond acceptors (Lipinski definition) is 4. The Bertz CT molecular complexity index is 701. The Morgan fingerprint density at radius 1 is 1.27 bits per heavy atom. The Kier molecular flexibility index (Phi) is 5.08. The third kappa shape index (κ3) is 4.31. The van der Waals surface area contributed by atoms with E-state index in [1.807, 2.05) is 6.07 Å². The van der Waals surface area contributed by atoms with E-state index in [4.69, 9.17) is 10.5 Å². The summed E-state index contributed by atoms with van der Waals surface area (Å²) in [5, 5.41) is 3.96. The standard InChI is InChI=1S/C16H16FN3O2/c1-11(12-5-4-6-13(18)9-12)19-20-16(21)10-22-15-8-3-2-7-14(15)17/h2-9H,10,18H2,1H3,(H,20,21)/b19-11-. The molecule has 0 aromatic heterocycles. The normalized spacial score (nSPS) is 11.1. The second-order valence-corrected chi connectivity index (χ2v) is 4.58. The zero-order chi connectivity index (χ0) is 15.9. The summed E-state index contributed by atoms with van der Waals surface area (Å²) in [6.45, 7) is 1.42. The van der Waals surface area contributed by atoms with Gasteiger partial charge in [-0.2, -0.15) is 5.10 Å². The molecular weight excluding hydrogens is 285 g/mol. The minimum Gasteiger partial charge on any atom is -0.481 e. The van der Waals surface area contributed by atoms with Gasteiger partial charge in [0.05, 0.1) is 5.71 Å². The average molecular weight is 301 g/mol. The molecule has 2 rings (SSSR count). The van der Waals surface area contributed by atoms with Crippen LogP contribution < -0.4 is 15.9 Å². The zero-order valence-electron chi connectivity index (χ0n) is 12.0. The van der Waals surface area contributed by atoms with Gasteiger partial charge in [-0.25, -0.2) is 9.82 Å². The second kappa shape index (κ2) is 7.21. The molecule has 114 valence electrons. The van der Waals surface area contributed by atoms with Gasteiger partial charge in [0, 0.05) is 5.69 Å². The monoisotopic (exact) mass is 301 g/mol. The van der Waals surface area contributed by atoms with E-state index >= 15 is 0 Å². The number of nitrogens with two attached hydrogens (primary N) is 1. The summed E-state index contributed by atoms with van der Waals surface area (Å²) in [5.74, 6) is -0.976. The summed E-state index contributed by atoms with van der Waals surface area (Å²) >= 11 is 0. The van der Waals surface area contributed by atoms with E-state index in [-0.39, 0.29) is 12.4 Å². The third-order valence-electron chi connectivity index (χ3n) is 2.85. The fourth-order valence-corrected chi connectivity index (χ4v) is 1.71. The number of halogens is 1. The van der Waals surface area contributed by atoms with Gasteiger partial charge in [-0.1, -0.05) is 24.3 Å². The van der Waals surface area contributed by atoms with Crippen LogP contribution in [0.3, 0.4) is 0 Å². The molecule has 0 atom stereocenters. The van der Waals surface area contributed by atoms with Gasteiger partial charge >= 0.3 is 0 Å². The van der Waals surface area contributed by atoms with Gasteiger partial charge in [0.1, 0.15) is 0 Å². The van der Waals surface area contributed by atoms with Crippen LogP contribution in [0.5, 0.6) is 5.75 Å². The molecule has 0 aliphatic carbocycles. The zero-order valence-corrected chi connectivity index (χ0v) is 12.0. The molecule has 0 aliphatic heterocycles. The number of nitrogen functional groups attached to an aromatic ring is 1. The van der Waals surface area contributed by atoms with Gasteiger partial charge in [0.25, 0.3) is 5.91 Å². The third-order valence-corrected chi connectivity index (χ3v) is 2.85. The van der Waals surface area contributed by atoms with E-state index < -0.39 is 11.7 Å². The van der Waals surface area contributed by atoms with E-state index in [1.165, 1.54) is 12.1 Å². The fraction of sp³-hybridized carbons (Fsp3) is 0.125. The molecule has 0 bridgehead atoms. The number of amides is 1. The number of nitrogens with zero attached hydrogens (tertiary/aromatic N) is 1. The first-order valence-corrected chi connectivity index (χ1v) is 6.62. The fourth-order valence-electron chi connectivity index (χ4n) is 1.71. The molecule has 0 fully saturated rings. The maximum absolute atomic E-state index is 13.3. The van der Waals surface area contributed by atoms with Crippen molar-refractivity contribution in [3.63, 3.8) is 0 Å². The Labute approximate surface area is 127 Å². The molecule has 2 aromatic carbocycles. The molecule has 5 nitrogen and oxygen atoms in total. The van der Waals surface area contributed by atoms with E-state index in [1.54, 1.807) is 37.3 Å². The maximum atomic E-state index is 13.3. The summed E-state index contributed by atoms with van der Waals surface area (Å²) in [6, 6.07) is 13.0. The largest absolute Gasteiger partial charge is 0.481 e. The van der Waals surface area contributed by atoms with E-state index in [0.717, 1.165) is 5.56 Å². The molecule has 0 spiro atoms. The topological polar surface area (TPSA) is 76.7 Å². The number of benzene rings is 2. The summed E-state index contributed by atoms with van der Waals surface area (Å²) in [5.41, 5.74) is 10.0. The Balaban J connectivity index is 1.90. The van der Waals surface area contributed by atoms with Gasteiger partial charge in [-0.05, 0) is 36.8 Å². The van der Waals surface area contributed by atoms with Crippen molar-refractivity contribution in [3.05, 3.63) is 59.9 Å². The van der Waals surface area contributed by atoms with Crippen LogP contribution in [0.4, 0.5) is 10.1 Å². The molecule has 1 amide bonds. The number of nitrogens with one attached hydrogen (secondary N) is 1. The van der Waals surface area contributed by atoms with Crippen LogP contribution in [0, 0.1) is 5.82 Å². The SMILES string of the molecule is C/C(=N/NC(=O)COc1ccccc1F)c1cccc(N)c1. The lowest BCUT2D eigenvalue weighted by Crippen LogP contribution is -2.25. The van der Waals surface area contributed by atoms with Crippen molar-refractivity contribution in [1.29, 1.82) is 0 Å². The highest BCUT2D eigenvalue weighted by molar-refractivity contribution is 5.99. The highest BCUT2D eigenvalue weighted by atomic mass is 19.1. The number of ether oxygens (including phenoxy) is 1.